The predicted octanol–water partition coefficient (Wildman–Crippen LogP) is 6.09. The van der Waals surface area contributed by atoms with Gasteiger partial charge in [-0.2, -0.15) is 13.2 Å². The minimum absolute atomic E-state index is 0.00601. The van der Waals surface area contributed by atoms with Crippen molar-refractivity contribution in [3.63, 3.8) is 0 Å². The SMILES string of the molecule is O[C@H](c1cc(C(F)(F)F)nc2c(S(F)(F)(F)(F)F)cccc12)[C@@H]1CCCCN1. The number of benzene rings is 1. The maximum Gasteiger partial charge on any atom is 0.433 e. The van der Waals surface area contributed by atoms with Crippen molar-refractivity contribution in [1.82, 2.24) is 10.3 Å². The molecule has 2 aromatic rings. The molecular formula is C16H16F8N2OS. The Hall–Kier alpha value is -1.66. The van der Waals surface area contributed by atoms with Gasteiger partial charge >= 0.3 is 16.4 Å². The summed E-state index contributed by atoms with van der Waals surface area (Å²) in [7, 11) is -10.3. The zero-order chi connectivity index (χ0) is 21.0. The van der Waals surface area contributed by atoms with Crippen LogP contribution in [0.15, 0.2) is 29.2 Å². The number of nitrogens with one attached hydrogen (secondary N) is 1. The number of nitrogens with zero attached hydrogens (tertiary/aromatic N) is 1. The molecule has 1 aliphatic heterocycles. The molecule has 158 valence electrons. The second-order valence-electron chi connectivity index (χ2n) is 6.72. The first-order chi connectivity index (χ1) is 12.6. The molecule has 1 aliphatic rings. The molecule has 3 rings (SSSR count). The molecule has 2 atom stereocenters. The van der Waals surface area contributed by atoms with E-state index in [1.54, 1.807) is 0 Å². The number of para-hydroxylation sites is 1. The van der Waals surface area contributed by atoms with Crippen molar-refractivity contribution in [2.45, 2.75) is 42.5 Å². The van der Waals surface area contributed by atoms with Crippen LogP contribution in [0.25, 0.3) is 10.9 Å². The first-order valence-corrected chi connectivity index (χ1v) is 10.2. The second kappa shape index (κ2) is 5.92. The number of fused-ring (bicyclic) bond motifs is 1. The van der Waals surface area contributed by atoms with Crippen LogP contribution in [0.4, 0.5) is 32.6 Å². The van der Waals surface area contributed by atoms with Crippen molar-refractivity contribution < 1.29 is 37.7 Å². The van der Waals surface area contributed by atoms with Crippen LogP contribution in [0.2, 0.25) is 0 Å². The number of aliphatic hydroxyl groups is 1. The quantitative estimate of drug-likeness (QED) is 0.573. The maximum atomic E-state index is 13.4. The molecule has 1 aromatic heterocycles. The van der Waals surface area contributed by atoms with Gasteiger partial charge in [0.1, 0.15) is 10.6 Å². The molecule has 0 aliphatic carbocycles. The number of alkyl halides is 3. The van der Waals surface area contributed by atoms with Gasteiger partial charge in [0.2, 0.25) is 0 Å². The van der Waals surface area contributed by atoms with E-state index in [0.29, 0.717) is 31.5 Å². The van der Waals surface area contributed by atoms with Crippen molar-refractivity contribution in [2.75, 3.05) is 6.54 Å². The van der Waals surface area contributed by atoms with E-state index in [1.165, 1.54) is 0 Å². The Kier molecular flexibility index (Phi) is 4.46. The molecule has 1 saturated heterocycles. The van der Waals surface area contributed by atoms with Gasteiger partial charge in [0, 0.05) is 11.4 Å². The highest BCUT2D eigenvalue weighted by Crippen LogP contribution is 3.02. The number of piperidine rings is 1. The maximum absolute atomic E-state index is 13.4. The number of aliphatic hydroxyl groups excluding tert-OH is 1. The monoisotopic (exact) mass is 436 g/mol. The molecule has 0 unspecified atom stereocenters. The molecule has 0 bridgehead atoms. The summed E-state index contributed by atoms with van der Waals surface area (Å²) in [6.07, 6.45) is -5.02. The van der Waals surface area contributed by atoms with E-state index < -0.39 is 55.6 Å². The average molecular weight is 436 g/mol. The van der Waals surface area contributed by atoms with Crippen LogP contribution in [0.3, 0.4) is 0 Å². The summed E-state index contributed by atoms with van der Waals surface area (Å²) >= 11 is 0. The Morgan fingerprint density at radius 3 is 2.32 bits per heavy atom. The fourth-order valence-corrected chi connectivity index (χ4v) is 4.17. The second-order valence-corrected chi connectivity index (χ2v) is 9.09. The highest BCUT2D eigenvalue weighted by Gasteiger charge is 2.66. The van der Waals surface area contributed by atoms with Crippen LogP contribution < -0.4 is 5.32 Å². The average Bonchev–Trinajstić information content (AvgIpc) is 2.57. The number of hydrogen-bond donors (Lipinski definition) is 2. The summed E-state index contributed by atoms with van der Waals surface area (Å²) in [5.74, 6) is 0. The van der Waals surface area contributed by atoms with Crippen LogP contribution in [-0.4, -0.2) is 22.7 Å². The molecule has 0 spiro atoms. The lowest BCUT2D eigenvalue weighted by Gasteiger charge is -2.41. The van der Waals surface area contributed by atoms with Crippen LogP contribution in [-0.2, 0) is 6.18 Å². The predicted molar refractivity (Wildman–Crippen MR) is 88.7 cm³/mol. The van der Waals surface area contributed by atoms with Gasteiger partial charge < -0.3 is 10.4 Å². The Bertz CT molecular complexity index is 907. The van der Waals surface area contributed by atoms with Gasteiger partial charge in [0.15, 0.2) is 0 Å². The minimum atomic E-state index is -10.3. The van der Waals surface area contributed by atoms with Gasteiger partial charge in [0.25, 0.3) is 0 Å². The Balaban J connectivity index is 2.32. The summed E-state index contributed by atoms with van der Waals surface area (Å²) < 4.78 is 107. The smallest absolute Gasteiger partial charge is 0.387 e. The van der Waals surface area contributed by atoms with E-state index in [4.69, 9.17) is 0 Å². The number of rotatable bonds is 3. The van der Waals surface area contributed by atoms with Crippen LogP contribution in [0.5, 0.6) is 0 Å². The Morgan fingerprint density at radius 1 is 1.11 bits per heavy atom. The van der Waals surface area contributed by atoms with E-state index in [0.717, 1.165) is 12.5 Å². The van der Waals surface area contributed by atoms with Crippen molar-refractivity contribution in [3.05, 3.63) is 35.5 Å². The Labute approximate surface area is 154 Å². The zero-order valence-corrected chi connectivity index (χ0v) is 14.9. The molecule has 0 amide bonds. The molecule has 12 heteroatoms. The molecule has 28 heavy (non-hydrogen) atoms. The van der Waals surface area contributed by atoms with Crippen molar-refractivity contribution in [2.24, 2.45) is 0 Å². The molecular weight excluding hydrogens is 420 g/mol. The van der Waals surface area contributed by atoms with E-state index in [2.05, 4.69) is 10.3 Å². The summed E-state index contributed by atoms with van der Waals surface area (Å²) in [4.78, 5) is 0.359. The standard InChI is InChI=1S/C16H16F8N2OS/c17-16(18,19)13-8-10(15(27)11-5-1-2-7-25-11)9-4-3-6-12(14(9)26-13)28(20,21,22,23)24/h3-4,6,8,11,15,25,27H,1-2,5,7H2/t11-,15+/m0/s1. The number of aromatic nitrogens is 1. The summed E-state index contributed by atoms with van der Waals surface area (Å²) in [6.45, 7) is 0.466. The minimum Gasteiger partial charge on any atom is -0.387 e. The van der Waals surface area contributed by atoms with Gasteiger partial charge in [-0.05, 0) is 37.1 Å². The largest absolute Gasteiger partial charge is 0.433 e. The van der Waals surface area contributed by atoms with E-state index in [9.17, 15) is 37.7 Å². The highest BCUT2D eigenvalue weighted by molar-refractivity contribution is 8.46. The van der Waals surface area contributed by atoms with E-state index in [-0.39, 0.29) is 6.07 Å². The molecule has 0 saturated carbocycles. The number of pyridine rings is 1. The van der Waals surface area contributed by atoms with Gasteiger partial charge in [-0.3, -0.25) is 0 Å². The molecule has 1 aromatic carbocycles. The Morgan fingerprint density at radius 2 is 1.79 bits per heavy atom. The molecule has 1 fully saturated rings. The third-order valence-electron chi connectivity index (χ3n) is 4.59. The third-order valence-corrected chi connectivity index (χ3v) is 5.75. The third kappa shape index (κ3) is 4.18. The first-order valence-electron chi connectivity index (χ1n) is 8.24. The summed E-state index contributed by atoms with van der Waals surface area (Å²) in [6, 6.07) is 1.31. The number of hydrogen-bond acceptors (Lipinski definition) is 3. The van der Waals surface area contributed by atoms with Crippen LogP contribution in [0, 0.1) is 0 Å². The van der Waals surface area contributed by atoms with Gasteiger partial charge in [-0.15, -0.1) is 0 Å². The first kappa shape index (κ1) is 21.1. The van der Waals surface area contributed by atoms with Gasteiger partial charge in [-0.1, -0.05) is 38.0 Å². The van der Waals surface area contributed by atoms with Crippen LogP contribution in [0.1, 0.15) is 36.6 Å². The van der Waals surface area contributed by atoms with Crippen molar-refractivity contribution >= 4 is 21.1 Å². The zero-order valence-electron chi connectivity index (χ0n) is 14.1. The normalized spacial score (nSPS) is 22.5. The highest BCUT2D eigenvalue weighted by atomic mass is 32.5. The number of halogens is 8. The van der Waals surface area contributed by atoms with Crippen molar-refractivity contribution in [3.8, 4) is 0 Å². The lowest BCUT2D eigenvalue weighted by atomic mass is 9.92. The fourth-order valence-electron chi connectivity index (χ4n) is 3.31. The topological polar surface area (TPSA) is 45.2 Å². The molecule has 2 heterocycles. The fraction of sp³-hybridized carbons (Fsp3) is 0.438. The lowest BCUT2D eigenvalue weighted by Crippen LogP contribution is -2.39. The van der Waals surface area contributed by atoms with E-state index >= 15 is 0 Å². The molecule has 2 N–H and O–H groups in total. The van der Waals surface area contributed by atoms with E-state index in [1.807, 2.05) is 0 Å². The van der Waals surface area contributed by atoms with Gasteiger partial charge in [0.05, 0.1) is 11.6 Å². The van der Waals surface area contributed by atoms with Crippen molar-refractivity contribution in [1.29, 1.82) is 0 Å². The summed E-state index contributed by atoms with van der Waals surface area (Å²) in [5, 5.41) is 12.8. The molecule has 0 radical (unpaired) electrons. The molecule has 3 nitrogen and oxygen atoms in total. The van der Waals surface area contributed by atoms with Crippen LogP contribution >= 0.6 is 10.2 Å². The summed E-state index contributed by atoms with van der Waals surface area (Å²) in [5.41, 5.74) is -3.83. The lowest BCUT2D eigenvalue weighted by molar-refractivity contribution is -0.141. The van der Waals surface area contributed by atoms with Gasteiger partial charge in [-0.25, -0.2) is 4.98 Å².